The molecule has 0 N–H and O–H groups in total. The van der Waals surface area contributed by atoms with Gasteiger partial charge in [-0.05, 0) is 43.3 Å². The number of aryl methyl sites for hydroxylation is 1. The number of rotatable bonds is 1. The Labute approximate surface area is 119 Å². The average molecular weight is 294 g/mol. The molecule has 0 atom stereocenters. The van der Waals surface area contributed by atoms with Crippen LogP contribution >= 0.6 is 0 Å². The first-order chi connectivity index (χ1) is 9.86. The molecule has 21 heavy (non-hydrogen) atoms. The first-order valence-electron chi connectivity index (χ1n) is 6.49. The summed E-state index contributed by atoms with van der Waals surface area (Å²) >= 11 is 0. The maximum absolute atomic E-state index is 12.6. The Kier molecular flexibility index (Phi) is 3.04. The Balaban J connectivity index is 1.89. The summed E-state index contributed by atoms with van der Waals surface area (Å²) in [4.78, 5) is 13.7. The molecule has 2 heterocycles. The van der Waals surface area contributed by atoms with Gasteiger partial charge in [-0.15, -0.1) is 0 Å². The van der Waals surface area contributed by atoms with Crippen molar-refractivity contribution in [3.63, 3.8) is 0 Å². The Hall–Kier alpha value is -2.24. The van der Waals surface area contributed by atoms with Crippen molar-refractivity contribution in [3.8, 4) is 0 Å². The number of fused-ring (bicyclic) bond motifs is 1. The number of aromatic nitrogens is 1. The van der Waals surface area contributed by atoms with Gasteiger partial charge in [0.05, 0.1) is 12.1 Å². The molecule has 0 spiro atoms. The van der Waals surface area contributed by atoms with Gasteiger partial charge >= 0.3 is 6.18 Å². The normalized spacial score (nSPS) is 15.2. The van der Waals surface area contributed by atoms with Gasteiger partial charge in [-0.25, -0.2) is 0 Å². The zero-order valence-corrected chi connectivity index (χ0v) is 11.3. The van der Waals surface area contributed by atoms with E-state index < -0.39 is 11.7 Å². The highest BCUT2D eigenvalue weighted by Crippen LogP contribution is 2.31. The first kappa shape index (κ1) is 13.7. The maximum atomic E-state index is 12.6. The molecule has 1 aromatic carbocycles. The van der Waals surface area contributed by atoms with Gasteiger partial charge in [0.1, 0.15) is 6.54 Å². The molecule has 0 saturated heterocycles. The molecule has 3 rings (SSSR count). The molecule has 0 saturated carbocycles. The largest absolute Gasteiger partial charge is 0.416 e. The topological polar surface area (TPSA) is 25.2 Å². The van der Waals surface area contributed by atoms with E-state index in [1.807, 2.05) is 23.6 Å². The van der Waals surface area contributed by atoms with E-state index in [9.17, 15) is 18.0 Å². The predicted molar refractivity (Wildman–Crippen MR) is 71.8 cm³/mol. The Morgan fingerprint density at radius 3 is 2.29 bits per heavy atom. The minimum atomic E-state index is -4.36. The van der Waals surface area contributed by atoms with E-state index in [0.717, 1.165) is 23.5 Å². The number of benzene rings is 1. The summed E-state index contributed by atoms with van der Waals surface area (Å²) in [7, 11) is 0. The molecule has 1 aliphatic heterocycles. The maximum Gasteiger partial charge on any atom is 0.416 e. The van der Waals surface area contributed by atoms with Crippen molar-refractivity contribution in [2.75, 3.05) is 4.90 Å². The highest BCUT2D eigenvalue weighted by Gasteiger charge is 2.31. The minimum Gasteiger partial charge on any atom is -0.338 e. The second-order valence-electron chi connectivity index (χ2n) is 5.08. The number of nitrogens with zero attached hydrogens (tertiary/aromatic N) is 2. The summed E-state index contributed by atoms with van der Waals surface area (Å²) in [6, 6.07) is 8.54. The van der Waals surface area contributed by atoms with Crippen LogP contribution in [0.1, 0.15) is 17.0 Å². The SMILES string of the molecule is Cc1ccc2n1CC(=O)N(c1ccc(C(F)(F)F)cc1)C2. The fraction of sp³-hybridized carbons (Fsp3) is 0.267. The molecule has 110 valence electrons. The molecule has 2 aromatic rings. The first-order valence-corrected chi connectivity index (χ1v) is 6.49. The molecule has 0 radical (unpaired) electrons. The van der Waals surface area contributed by atoms with Crippen molar-refractivity contribution in [1.82, 2.24) is 4.57 Å². The zero-order valence-electron chi connectivity index (χ0n) is 11.3. The van der Waals surface area contributed by atoms with Crippen molar-refractivity contribution in [2.24, 2.45) is 0 Å². The number of anilines is 1. The number of halogens is 3. The fourth-order valence-corrected chi connectivity index (χ4v) is 2.52. The van der Waals surface area contributed by atoms with Crippen LogP contribution in [0.4, 0.5) is 18.9 Å². The summed E-state index contributed by atoms with van der Waals surface area (Å²) in [6.07, 6.45) is -4.36. The lowest BCUT2D eigenvalue weighted by Crippen LogP contribution is -2.39. The number of alkyl halides is 3. The van der Waals surface area contributed by atoms with E-state index >= 15 is 0 Å². The number of hydrogen-bond acceptors (Lipinski definition) is 1. The number of carbonyl (C=O) groups excluding carboxylic acids is 1. The van der Waals surface area contributed by atoms with Gasteiger partial charge < -0.3 is 9.47 Å². The quantitative estimate of drug-likeness (QED) is 0.791. The van der Waals surface area contributed by atoms with Crippen LogP contribution in [0.2, 0.25) is 0 Å². The van der Waals surface area contributed by atoms with Crippen molar-refractivity contribution >= 4 is 11.6 Å². The highest BCUT2D eigenvalue weighted by atomic mass is 19.4. The molecule has 6 heteroatoms. The monoisotopic (exact) mass is 294 g/mol. The molecule has 0 unspecified atom stereocenters. The Morgan fingerprint density at radius 2 is 1.67 bits per heavy atom. The van der Waals surface area contributed by atoms with Crippen LogP contribution in [0, 0.1) is 6.92 Å². The Bertz CT molecular complexity index is 686. The molecule has 0 aliphatic carbocycles. The van der Waals surface area contributed by atoms with Crippen LogP contribution in [0.3, 0.4) is 0 Å². The fourth-order valence-electron chi connectivity index (χ4n) is 2.52. The van der Waals surface area contributed by atoms with Crippen LogP contribution in [-0.2, 0) is 24.1 Å². The van der Waals surface area contributed by atoms with Gasteiger partial charge in [0.2, 0.25) is 5.91 Å². The van der Waals surface area contributed by atoms with Crippen LogP contribution in [0.15, 0.2) is 36.4 Å². The second-order valence-corrected chi connectivity index (χ2v) is 5.08. The van der Waals surface area contributed by atoms with E-state index in [0.29, 0.717) is 12.2 Å². The average Bonchev–Trinajstić information content (AvgIpc) is 2.78. The van der Waals surface area contributed by atoms with E-state index in [1.54, 1.807) is 0 Å². The summed E-state index contributed by atoms with van der Waals surface area (Å²) in [5.74, 6) is -0.124. The molecule has 0 bridgehead atoms. The number of amides is 1. The lowest BCUT2D eigenvalue weighted by atomic mass is 10.1. The predicted octanol–water partition coefficient (Wildman–Crippen LogP) is 3.36. The number of carbonyl (C=O) groups is 1. The summed E-state index contributed by atoms with van der Waals surface area (Å²) < 4.78 is 39.6. The molecule has 1 amide bonds. The van der Waals surface area contributed by atoms with Crippen molar-refractivity contribution in [1.29, 1.82) is 0 Å². The standard InChI is InChI=1S/C15H13F3N2O/c1-10-2-5-13-8-20(14(21)9-19(10)13)12-6-3-11(4-7-12)15(16,17)18/h2-7H,8-9H2,1H3. The number of hydrogen-bond donors (Lipinski definition) is 0. The van der Waals surface area contributed by atoms with E-state index in [4.69, 9.17) is 0 Å². The molecule has 0 fully saturated rings. The third-order valence-electron chi connectivity index (χ3n) is 3.71. The van der Waals surface area contributed by atoms with Crippen molar-refractivity contribution in [3.05, 3.63) is 53.3 Å². The van der Waals surface area contributed by atoms with Gasteiger partial charge in [-0.3, -0.25) is 4.79 Å². The smallest absolute Gasteiger partial charge is 0.338 e. The molecular formula is C15H13F3N2O. The third kappa shape index (κ3) is 2.41. The van der Waals surface area contributed by atoms with Gasteiger partial charge in [-0.2, -0.15) is 13.2 Å². The molecule has 1 aliphatic rings. The molecule has 1 aromatic heterocycles. The van der Waals surface area contributed by atoms with Gasteiger partial charge in [0.15, 0.2) is 0 Å². The van der Waals surface area contributed by atoms with Gasteiger partial charge in [-0.1, -0.05) is 0 Å². The lowest BCUT2D eigenvalue weighted by molar-refractivity contribution is -0.137. The van der Waals surface area contributed by atoms with Gasteiger partial charge in [0.25, 0.3) is 0 Å². The highest BCUT2D eigenvalue weighted by molar-refractivity contribution is 5.94. The van der Waals surface area contributed by atoms with Crippen LogP contribution in [0.25, 0.3) is 0 Å². The van der Waals surface area contributed by atoms with Crippen molar-refractivity contribution < 1.29 is 18.0 Å². The van der Waals surface area contributed by atoms with E-state index in [-0.39, 0.29) is 12.5 Å². The second kappa shape index (κ2) is 4.65. The summed E-state index contributed by atoms with van der Waals surface area (Å²) in [6.45, 7) is 2.51. The zero-order chi connectivity index (χ0) is 15.2. The molecule has 3 nitrogen and oxygen atoms in total. The van der Waals surface area contributed by atoms with Crippen molar-refractivity contribution in [2.45, 2.75) is 26.2 Å². The summed E-state index contributed by atoms with van der Waals surface area (Å²) in [5, 5.41) is 0. The third-order valence-corrected chi connectivity index (χ3v) is 3.71. The van der Waals surface area contributed by atoms with Gasteiger partial charge in [0, 0.05) is 17.1 Å². The lowest BCUT2D eigenvalue weighted by Gasteiger charge is -2.29. The van der Waals surface area contributed by atoms with Crippen LogP contribution in [0.5, 0.6) is 0 Å². The van der Waals surface area contributed by atoms with Crippen LogP contribution < -0.4 is 4.90 Å². The Morgan fingerprint density at radius 1 is 1.00 bits per heavy atom. The minimum absolute atomic E-state index is 0.124. The van der Waals surface area contributed by atoms with Crippen LogP contribution in [-0.4, -0.2) is 10.5 Å². The van der Waals surface area contributed by atoms with E-state index in [1.165, 1.54) is 17.0 Å². The summed E-state index contributed by atoms with van der Waals surface area (Å²) in [5.41, 5.74) is 1.76. The molecular weight excluding hydrogens is 281 g/mol. The van der Waals surface area contributed by atoms with E-state index in [2.05, 4.69) is 0 Å².